The summed E-state index contributed by atoms with van der Waals surface area (Å²) >= 11 is 1.76. The standard InChI is InChI=1S/C12H20N4S.HI/c1-8-6-10(8)16-12(13-3)14-5-4-11-15-7-9(2)17-11;/h7-8,10H,4-6H2,1-3H3,(H2,13,14,16);1H. The maximum absolute atomic E-state index is 4.34. The van der Waals surface area contributed by atoms with E-state index in [-0.39, 0.29) is 24.0 Å². The molecule has 102 valence electrons. The minimum absolute atomic E-state index is 0. The lowest BCUT2D eigenvalue weighted by Crippen LogP contribution is -2.39. The molecule has 1 fully saturated rings. The van der Waals surface area contributed by atoms with Crippen molar-refractivity contribution >= 4 is 41.3 Å². The molecule has 0 bridgehead atoms. The molecule has 0 radical (unpaired) electrons. The van der Waals surface area contributed by atoms with Crippen molar-refractivity contribution in [2.24, 2.45) is 10.9 Å². The Bertz CT molecular complexity index is 405. The summed E-state index contributed by atoms with van der Waals surface area (Å²) in [4.78, 5) is 9.83. The summed E-state index contributed by atoms with van der Waals surface area (Å²) in [7, 11) is 1.82. The van der Waals surface area contributed by atoms with Gasteiger partial charge in [0.1, 0.15) is 0 Å². The van der Waals surface area contributed by atoms with E-state index in [1.54, 1.807) is 11.3 Å². The number of aliphatic imine (C=N–C) groups is 1. The van der Waals surface area contributed by atoms with Crippen molar-refractivity contribution in [1.29, 1.82) is 0 Å². The average Bonchev–Trinajstić information content (AvgIpc) is 2.82. The quantitative estimate of drug-likeness (QED) is 0.478. The lowest BCUT2D eigenvalue weighted by atomic mass is 10.4. The van der Waals surface area contributed by atoms with E-state index in [1.807, 2.05) is 13.2 Å². The second-order valence-corrected chi connectivity index (χ2v) is 5.90. The van der Waals surface area contributed by atoms with E-state index < -0.39 is 0 Å². The van der Waals surface area contributed by atoms with Crippen molar-refractivity contribution in [1.82, 2.24) is 15.6 Å². The lowest BCUT2D eigenvalue weighted by Gasteiger charge is -2.10. The van der Waals surface area contributed by atoms with Gasteiger partial charge in [-0.25, -0.2) is 4.98 Å². The highest BCUT2D eigenvalue weighted by molar-refractivity contribution is 14.0. The molecule has 2 rings (SSSR count). The summed E-state index contributed by atoms with van der Waals surface area (Å²) in [5, 5.41) is 7.91. The van der Waals surface area contributed by atoms with E-state index in [1.165, 1.54) is 16.3 Å². The fourth-order valence-corrected chi connectivity index (χ4v) is 2.48. The molecular weight excluding hydrogens is 359 g/mol. The summed E-state index contributed by atoms with van der Waals surface area (Å²) in [5.74, 6) is 1.70. The summed E-state index contributed by atoms with van der Waals surface area (Å²) in [5.41, 5.74) is 0. The SMILES string of the molecule is CN=C(NCCc1ncc(C)s1)NC1CC1C.I. The Morgan fingerprint density at radius 2 is 2.33 bits per heavy atom. The van der Waals surface area contributed by atoms with E-state index in [0.717, 1.165) is 24.8 Å². The van der Waals surface area contributed by atoms with Crippen molar-refractivity contribution < 1.29 is 0 Å². The Labute approximate surface area is 130 Å². The third-order valence-corrected chi connectivity index (χ3v) is 3.93. The first-order valence-corrected chi connectivity index (χ1v) is 6.89. The largest absolute Gasteiger partial charge is 0.356 e. The molecule has 6 heteroatoms. The smallest absolute Gasteiger partial charge is 0.191 e. The molecule has 2 atom stereocenters. The third kappa shape index (κ3) is 4.72. The lowest BCUT2D eigenvalue weighted by molar-refractivity contribution is 0.756. The number of hydrogen-bond acceptors (Lipinski definition) is 3. The molecule has 1 saturated carbocycles. The Kier molecular flexibility index (Phi) is 6.34. The second-order valence-electron chi connectivity index (χ2n) is 4.58. The Morgan fingerprint density at radius 3 is 2.83 bits per heavy atom. The predicted octanol–water partition coefficient (Wildman–Crippen LogP) is 2.19. The van der Waals surface area contributed by atoms with Crippen LogP contribution < -0.4 is 10.6 Å². The first-order valence-electron chi connectivity index (χ1n) is 6.07. The molecule has 4 nitrogen and oxygen atoms in total. The second kappa shape index (κ2) is 7.28. The topological polar surface area (TPSA) is 49.3 Å². The predicted molar refractivity (Wildman–Crippen MR) is 88.0 cm³/mol. The van der Waals surface area contributed by atoms with Gasteiger partial charge in [-0.15, -0.1) is 35.3 Å². The van der Waals surface area contributed by atoms with E-state index >= 15 is 0 Å². The zero-order valence-corrected chi connectivity index (χ0v) is 14.2. The number of nitrogens with zero attached hydrogens (tertiary/aromatic N) is 2. The summed E-state index contributed by atoms with van der Waals surface area (Å²) in [6.07, 6.45) is 4.14. The van der Waals surface area contributed by atoms with Crippen LogP contribution in [0.5, 0.6) is 0 Å². The molecule has 0 spiro atoms. The van der Waals surface area contributed by atoms with Crippen LogP contribution in [0.3, 0.4) is 0 Å². The van der Waals surface area contributed by atoms with E-state index in [9.17, 15) is 0 Å². The fraction of sp³-hybridized carbons (Fsp3) is 0.667. The molecule has 2 unspecified atom stereocenters. The van der Waals surface area contributed by atoms with E-state index in [2.05, 4.69) is 34.5 Å². The van der Waals surface area contributed by atoms with Crippen LogP contribution in [0.15, 0.2) is 11.2 Å². The molecule has 18 heavy (non-hydrogen) atoms. The molecule has 1 aromatic rings. The number of rotatable bonds is 4. The molecule has 1 heterocycles. The highest BCUT2D eigenvalue weighted by Crippen LogP contribution is 2.28. The van der Waals surface area contributed by atoms with Gasteiger partial charge in [-0.1, -0.05) is 6.92 Å². The van der Waals surface area contributed by atoms with E-state index in [4.69, 9.17) is 0 Å². The van der Waals surface area contributed by atoms with Crippen LogP contribution in [0.25, 0.3) is 0 Å². The molecule has 1 aliphatic rings. The summed E-state index contributed by atoms with van der Waals surface area (Å²) < 4.78 is 0. The minimum Gasteiger partial charge on any atom is -0.356 e. The number of hydrogen-bond donors (Lipinski definition) is 2. The Balaban J connectivity index is 0.00000162. The van der Waals surface area contributed by atoms with Crippen molar-refractivity contribution in [2.75, 3.05) is 13.6 Å². The number of nitrogens with one attached hydrogen (secondary N) is 2. The number of aryl methyl sites for hydroxylation is 1. The number of thiazole rings is 1. The van der Waals surface area contributed by atoms with Crippen molar-refractivity contribution in [3.05, 3.63) is 16.1 Å². The monoisotopic (exact) mass is 380 g/mol. The van der Waals surface area contributed by atoms with Gasteiger partial charge in [-0.3, -0.25) is 4.99 Å². The normalized spacial score (nSPS) is 22.3. The minimum atomic E-state index is 0. The van der Waals surface area contributed by atoms with Crippen LogP contribution in [0.4, 0.5) is 0 Å². The van der Waals surface area contributed by atoms with Gasteiger partial charge in [-0.2, -0.15) is 0 Å². The molecule has 2 N–H and O–H groups in total. The van der Waals surface area contributed by atoms with Gasteiger partial charge in [0.15, 0.2) is 5.96 Å². The number of guanidine groups is 1. The molecule has 0 aliphatic heterocycles. The third-order valence-electron chi connectivity index (χ3n) is 2.96. The molecule has 0 saturated heterocycles. The van der Waals surface area contributed by atoms with Gasteiger partial charge in [0.05, 0.1) is 5.01 Å². The van der Waals surface area contributed by atoms with Gasteiger partial charge in [0.25, 0.3) is 0 Å². The van der Waals surface area contributed by atoms with Crippen LogP contribution >= 0.6 is 35.3 Å². The van der Waals surface area contributed by atoms with Gasteiger partial charge in [0.2, 0.25) is 0 Å². The first-order chi connectivity index (χ1) is 8.19. The maximum Gasteiger partial charge on any atom is 0.191 e. The van der Waals surface area contributed by atoms with Gasteiger partial charge >= 0.3 is 0 Å². The van der Waals surface area contributed by atoms with Crippen LogP contribution in [-0.2, 0) is 6.42 Å². The van der Waals surface area contributed by atoms with Crippen LogP contribution in [0, 0.1) is 12.8 Å². The number of halogens is 1. The summed E-state index contributed by atoms with van der Waals surface area (Å²) in [6.45, 7) is 5.22. The highest BCUT2D eigenvalue weighted by atomic mass is 127. The van der Waals surface area contributed by atoms with Gasteiger partial charge in [-0.05, 0) is 19.3 Å². The molecule has 1 aromatic heterocycles. The van der Waals surface area contributed by atoms with Crippen molar-refractivity contribution in [3.63, 3.8) is 0 Å². The molecule has 0 aromatic carbocycles. The zero-order valence-electron chi connectivity index (χ0n) is 11.1. The van der Waals surface area contributed by atoms with Gasteiger partial charge in [0, 0.05) is 37.1 Å². The zero-order chi connectivity index (χ0) is 12.3. The van der Waals surface area contributed by atoms with Crippen LogP contribution in [-0.4, -0.2) is 30.6 Å². The highest BCUT2D eigenvalue weighted by Gasteiger charge is 2.33. The van der Waals surface area contributed by atoms with Crippen molar-refractivity contribution in [3.8, 4) is 0 Å². The van der Waals surface area contributed by atoms with Crippen molar-refractivity contribution in [2.45, 2.75) is 32.7 Å². The van der Waals surface area contributed by atoms with Gasteiger partial charge < -0.3 is 10.6 Å². The van der Waals surface area contributed by atoms with Crippen LogP contribution in [0.1, 0.15) is 23.2 Å². The maximum atomic E-state index is 4.34. The molecule has 0 amide bonds. The fourth-order valence-electron chi connectivity index (χ4n) is 1.70. The van der Waals surface area contributed by atoms with Crippen LogP contribution in [0.2, 0.25) is 0 Å². The Morgan fingerprint density at radius 1 is 1.61 bits per heavy atom. The van der Waals surface area contributed by atoms with E-state index in [0.29, 0.717) is 6.04 Å². The molecular formula is C12H21IN4S. The molecule has 1 aliphatic carbocycles. The Hall–Kier alpha value is -0.370. The number of aromatic nitrogens is 1. The average molecular weight is 380 g/mol. The summed E-state index contributed by atoms with van der Waals surface area (Å²) in [6, 6.07) is 0.614. The first kappa shape index (κ1) is 15.7.